The van der Waals surface area contributed by atoms with Crippen LogP contribution in [0.15, 0.2) is 0 Å². The van der Waals surface area contributed by atoms with E-state index in [0.29, 0.717) is 37.2 Å². The van der Waals surface area contributed by atoms with Crippen molar-refractivity contribution in [2.24, 2.45) is 0 Å². The summed E-state index contributed by atoms with van der Waals surface area (Å²) in [6.45, 7) is 19.9. The lowest BCUT2D eigenvalue weighted by molar-refractivity contribution is -0.134. The molecule has 2 rings (SSSR count). The monoisotopic (exact) mass is 392 g/mol. The van der Waals surface area contributed by atoms with Crippen molar-refractivity contribution in [3.63, 3.8) is 0 Å². The van der Waals surface area contributed by atoms with Gasteiger partial charge in [-0.05, 0) is 81.3 Å². The van der Waals surface area contributed by atoms with Crippen molar-refractivity contribution in [2.45, 2.75) is 129 Å². The van der Waals surface area contributed by atoms with Crippen LogP contribution in [-0.2, 0) is 9.59 Å². The molecule has 2 aliphatic heterocycles. The number of ketones is 2. The maximum Gasteiger partial charge on any atom is 0.136 e. The maximum atomic E-state index is 12.1. The zero-order chi connectivity index (χ0) is 21.4. The summed E-state index contributed by atoms with van der Waals surface area (Å²) in [4.78, 5) is 29.3. The van der Waals surface area contributed by atoms with Gasteiger partial charge in [0.05, 0.1) is 0 Å². The van der Waals surface area contributed by atoms with Gasteiger partial charge in [-0.15, -0.1) is 0 Å². The van der Waals surface area contributed by atoms with Gasteiger partial charge in [0.15, 0.2) is 0 Å². The van der Waals surface area contributed by atoms with Gasteiger partial charge in [0.25, 0.3) is 0 Å². The molecule has 0 aromatic rings. The topological polar surface area (TPSA) is 40.6 Å². The van der Waals surface area contributed by atoms with E-state index >= 15 is 0 Å². The van der Waals surface area contributed by atoms with Crippen LogP contribution in [0.25, 0.3) is 0 Å². The molecule has 0 radical (unpaired) electrons. The third-order valence-corrected chi connectivity index (χ3v) is 6.96. The molecule has 2 heterocycles. The van der Waals surface area contributed by atoms with Crippen LogP contribution < -0.4 is 0 Å². The van der Waals surface area contributed by atoms with Gasteiger partial charge in [0, 0.05) is 47.8 Å². The molecular weight excluding hydrogens is 348 g/mol. The summed E-state index contributed by atoms with van der Waals surface area (Å²) in [5.74, 6) is 0.799. The van der Waals surface area contributed by atoms with Gasteiger partial charge >= 0.3 is 0 Å². The normalized spacial score (nSPS) is 27.1. The quantitative estimate of drug-likeness (QED) is 0.572. The van der Waals surface area contributed by atoms with Crippen LogP contribution in [0.3, 0.4) is 0 Å². The molecule has 0 bridgehead atoms. The molecule has 2 saturated heterocycles. The van der Waals surface area contributed by atoms with E-state index in [9.17, 15) is 9.59 Å². The number of piperidine rings is 2. The first-order valence-corrected chi connectivity index (χ1v) is 11.3. The lowest BCUT2D eigenvalue weighted by atomic mass is 9.78. The number of rotatable bonds is 7. The van der Waals surface area contributed by atoms with Gasteiger partial charge < -0.3 is 0 Å². The maximum absolute atomic E-state index is 12.1. The van der Waals surface area contributed by atoms with Crippen LogP contribution in [0.2, 0.25) is 0 Å². The van der Waals surface area contributed by atoms with Crippen molar-refractivity contribution in [3.05, 3.63) is 0 Å². The SMILES string of the molecule is CC1(C)CC(=O)CC(C)(C)N1CCCCCCN1C(C)(C)CC(=O)CC1(C)C. The van der Waals surface area contributed by atoms with Crippen molar-refractivity contribution in [1.82, 2.24) is 9.80 Å². The predicted octanol–water partition coefficient (Wildman–Crippen LogP) is 4.99. The molecule has 2 fully saturated rings. The molecule has 28 heavy (non-hydrogen) atoms. The van der Waals surface area contributed by atoms with Crippen LogP contribution >= 0.6 is 0 Å². The largest absolute Gasteiger partial charge is 0.300 e. The number of nitrogens with zero attached hydrogens (tertiary/aromatic N) is 2. The minimum absolute atomic E-state index is 0.0345. The number of carbonyl (C=O) groups is 2. The molecule has 4 heteroatoms. The summed E-state index contributed by atoms with van der Waals surface area (Å²) in [6.07, 6.45) is 7.53. The minimum Gasteiger partial charge on any atom is -0.300 e. The van der Waals surface area contributed by atoms with Crippen molar-refractivity contribution in [3.8, 4) is 0 Å². The Morgan fingerprint density at radius 1 is 0.536 bits per heavy atom. The molecule has 0 spiro atoms. The number of carbonyl (C=O) groups excluding carboxylic acids is 2. The van der Waals surface area contributed by atoms with Crippen LogP contribution in [0.4, 0.5) is 0 Å². The van der Waals surface area contributed by atoms with Gasteiger partial charge in [-0.25, -0.2) is 0 Å². The summed E-state index contributed by atoms with van der Waals surface area (Å²) in [5, 5.41) is 0. The van der Waals surface area contributed by atoms with E-state index in [1.54, 1.807) is 0 Å². The van der Waals surface area contributed by atoms with Crippen molar-refractivity contribution in [2.75, 3.05) is 13.1 Å². The minimum atomic E-state index is -0.0345. The highest BCUT2D eigenvalue weighted by atomic mass is 16.1. The Kier molecular flexibility index (Phi) is 6.88. The fourth-order valence-corrected chi connectivity index (χ4v) is 6.18. The lowest BCUT2D eigenvalue weighted by Crippen LogP contribution is -2.61. The van der Waals surface area contributed by atoms with Crippen molar-refractivity contribution < 1.29 is 9.59 Å². The highest BCUT2D eigenvalue weighted by Gasteiger charge is 2.45. The third kappa shape index (κ3) is 5.44. The van der Waals surface area contributed by atoms with Gasteiger partial charge in [-0.3, -0.25) is 19.4 Å². The van der Waals surface area contributed by atoms with Gasteiger partial charge in [-0.2, -0.15) is 0 Å². The zero-order valence-corrected chi connectivity index (χ0v) is 19.8. The molecule has 0 saturated carbocycles. The highest BCUT2D eigenvalue weighted by molar-refractivity contribution is 5.82. The summed E-state index contributed by atoms with van der Waals surface area (Å²) in [5.41, 5.74) is -0.138. The highest BCUT2D eigenvalue weighted by Crippen LogP contribution is 2.38. The molecule has 4 nitrogen and oxygen atoms in total. The Labute approximate surface area is 173 Å². The van der Waals surface area contributed by atoms with Gasteiger partial charge in [0.2, 0.25) is 0 Å². The van der Waals surface area contributed by atoms with Crippen LogP contribution in [0.5, 0.6) is 0 Å². The first kappa shape index (κ1) is 23.5. The lowest BCUT2D eigenvalue weighted by Gasteiger charge is -2.52. The average Bonchev–Trinajstić information content (AvgIpc) is 2.43. The number of Topliss-reactive ketones (excluding diaryl/α,β-unsaturated/α-hetero) is 2. The van der Waals surface area contributed by atoms with Gasteiger partial charge in [0.1, 0.15) is 11.6 Å². The summed E-state index contributed by atoms with van der Waals surface area (Å²) in [7, 11) is 0. The predicted molar refractivity (Wildman–Crippen MR) is 117 cm³/mol. The molecule has 0 unspecified atom stereocenters. The molecule has 0 aliphatic carbocycles. The molecule has 0 N–H and O–H groups in total. The summed E-state index contributed by atoms with van der Waals surface area (Å²) >= 11 is 0. The van der Waals surface area contributed by atoms with Crippen molar-refractivity contribution >= 4 is 11.6 Å². The van der Waals surface area contributed by atoms with E-state index in [4.69, 9.17) is 0 Å². The number of unbranched alkanes of at least 4 members (excludes halogenated alkanes) is 3. The van der Waals surface area contributed by atoms with E-state index < -0.39 is 0 Å². The van der Waals surface area contributed by atoms with Crippen molar-refractivity contribution in [1.29, 1.82) is 0 Å². The summed E-state index contributed by atoms with van der Waals surface area (Å²) < 4.78 is 0. The van der Waals surface area contributed by atoms with Crippen LogP contribution in [0.1, 0.15) is 107 Å². The van der Waals surface area contributed by atoms with E-state index in [1.165, 1.54) is 25.7 Å². The summed E-state index contributed by atoms with van der Waals surface area (Å²) in [6, 6.07) is 0. The van der Waals surface area contributed by atoms with E-state index in [1.807, 2.05) is 0 Å². The van der Waals surface area contributed by atoms with Crippen LogP contribution in [-0.4, -0.2) is 56.6 Å². The first-order chi connectivity index (χ1) is 12.7. The molecule has 0 aromatic heterocycles. The van der Waals surface area contributed by atoms with Crippen LogP contribution in [0, 0.1) is 0 Å². The number of hydrogen-bond donors (Lipinski definition) is 0. The first-order valence-electron chi connectivity index (χ1n) is 11.3. The molecule has 0 amide bonds. The van der Waals surface area contributed by atoms with E-state index in [-0.39, 0.29) is 22.2 Å². The Bertz CT molecular complexity index is 497. The second kappa shape index (κ2) is 8.18. The number of hydrogen-bond acceptors (Lipinski definition) is 4. The fourth-order valence-electron chi connectivity index (χ4n) is 6.18. The Morgan fingerprint density at radius 3 is 1.04 bits per heavy atom. The van der Waals surface area contributed by atoms with Gasteiger partial charge in [-0.1, -0.05) is 12.8 Å². The average molecular weight is 393 g/mol. The molecule has 0 atom stereocenters. The van der Waals surface area contributed by atoms with E-state index in [2.05, 4.69) is 65.2 Å². The Balaban J connectivity index is 1.79. The molecule has 2 aliphatic rings. The second-order valence-electron chi connectivity index (χ2n) is 11.8. The Hall–Kier alpha value is -0.740. The smallest absolute Gasteiger partial charge is 0.136 e. The standard InChI is InChI=1S/C24H44N2O2/c1-21(2)15-19(27)16-22(3,4)25(21)13-11-9-10-12-14-26-23(5,6)17-20(28)18-24(26,7)8/h9-18H2,1-8H3. The zero-order valence-electron chi connectivity index (χ0n) is 19.8. The number of likely N-dealkylation sites (tertiary alicyclic amines) is 2. The second-order valence-corrected chi connectivity index (χ2v) is 11.8. The van der Waals surface area contributed by atoms with E-state index in [0.717, 1.165) is 13.1 Å². The molecule has 162 valence electrons. The molecule has 0 aromatic carbocycles. The third-order valence-electron chi connectivity index (χ3n) is 6.96. The molecular formula is C24H44N2O2. The Morgan fingerprint density at radius 2 is 0.786 bits per heavy atom. The fraction of sp³-hybridized carbons (Fsp3) is 0.917.